The second kappa shape index (κ2) is 5.83. The van der Waals surface area contributed by atoms with E-state index in [0.717, 1.165) is 6.42 Å². The van der Waals surface area contributed by atoms with E-state index >= 15 is 0 Å². The number of hydrogen-bond acceptors (Lipinski definition) is 3. The minimum absolute atomic E-state index is 0.0802. The van der Waals surface area contributed by atoms with Crippen LogP contribution in [0, 0.1) is 0 Å². The number of pyridine rings is 1. The summed E-state index contributed by atoms with van der Waals surface area (Å²) in [5.74, 6) is 0.623. The summed E-state index contributed by atoms with van der Waals surface area (Å²) in [6, 6.07) is 3.60. The van der Waals surface area contributed by atoms with Crippen LogP contribution in [0.25, 0.3) is 0 Å². The third-order valence-electron chi connectivity index (χ3n) is 1.78. The highest BCUT2D eigenvalue weighted by Gasteiger charge is 2.06. The standard InChI is InChI=1S/C10H14ClNO2/c1-8(5-7-13-2)14-9-4-3-6-12-10(9)11/h3-4,6,8H,5,7H2,1-2H3. The van der Waals surface area contributed by atoms with E-state index in [1.165, 1.54) is 0 Å². The van der Waals surface area contributed by atoms with E-state index < -0.39 is 0 Å². The predicted molar refractivity (Wildman–Crippen MR) is 55.8 cm³/mol. The van der Waals surface area contributed by atoms with Crippen LogP contribution in [-0.2, 0) is 4.74 Å². The number of aromatic nitrogens is 1. The Bertz CT molecular complexity index is 281. The maximum Gasteiger partial charge on any atom is 0.171 e. The van der Waals surface area contributed by atoms with Gasteiger partial charge in [0.15, 0.2) is 10.9 Å². The van der Waals surface area contributed by atoms with Crippen molar-refractivity contribution < 1.29 is 9.47 Å². The van der Waals surface area contributed by atoms with Gasteiger partial charge in [-0.25, -0.2) is 4.98 Å². The van der Waals surface area contributed by atoms with Crippen LogP contribution >= 0.6 is 11.6 Å². The molecule has 14 heavy (non-hydrogen) atoms. The van der Waals surface area contributed by atoms with Crippen LogP contribution < -0.4 is 4.74 Å². The minimum atomic E-state index is 0.0802. The van der Waals surface area contributed by atoms with Gasteiger partial charge in [-0.2, -0.15) is 0 Å². The van der Waals surface area contributed by atoms with E-state index in [1.54, 1.807) is 25.4 Å². The molecule has 0 saturated carbocycles. The molecule has 0 aliphatic rings. The van der Waals surface area contributed by atoms with Gasteiger partial charge >= 0.3 is 0 Å². The van der Waals surface area contributed by atoms with Crippen molar-refractivity contribution in [1.29, 1.82) is 0 Å². The first-order valence-electron chi connectivity index (χ1n) is 4.50. The van der Waals surface area contributed by atoms with Gasteiger partial charge in [0.05, 0.1) is 6.10 Å². The molecule has 0 aliphatic heterocycles. The molecule has 0 bridgehead atoms. The normalized spacial score (nSPS) is 12.5. The lowest BCUT2D eigenvalue weighted by Crippen LogP contribution is -2.14. The maximum atomic E-state index is 5.83. The number of methoxy groups -OCH3 is 1. The molecule has 1 atom stereocenters. The molecular formula is C10H14ClNO2. The maximum absolute atomic E-state index is 5.83. The van der Waals surface area contributed by atoms with Gasteiger partial charge in [-0.3, -0.25) is 0 Å². The number of halogens is 1. The smallest absolute Gasteiger partial charge is 0.171 e. The molecule has 0 N–H and O–H groups in total. The van der Waals surface area contributed by atoms with Crippen LogP contribution in [0.2, 0.25) is 5.15 Å². The minimum Gasteiger partial charge on any atom is -0.487 e. The Labute approximate surface area is 89.0 Å². The Morgan fingerprint density at radius 1 is 1.57 bits per heavy atom. The van der Waals surface area contributed by atoms with Crippen molar-refractivity contribution >= 4 is 11.6 Å². The zero-order valence-electron chi connectivity index (χ0n) is 8.37. The molecule has 4 heteroatoms. The first-order chi connectivity index (χ1) is 6.74. The van der Waals surface area contributed by atoms with E-state index in [1.807, 2.05) is 6.92 Å². The third-order valence-corrected chi connectivity index (χ3v) is 2.07. The van der Waals surface area contributed by atoms with Gasteiger partial charge < -0.3 is 9.47 Å². The highest BCUT2D eigenvalue weighted by atomic mass is 35.5. The van der Waals surface area contributed by atoms with Gasteiger partial charge in [-0.15, -0.1) is 0 Å². The summed E-state index contributed by atoms with van der Waals surface area (Å²) in [6.45, 7) is 2.65. The van der Waals surface area contributed by atoms with Gasteiger partial charge in [0.2, 0.25) is 0 Å². The first kappa shape index (κ1) is 11.3. The molecule has 0 aromatic carbocycles. The molecule has 0 radical (unpaired) electrons. The summed E-state index contributed by atoms with van der Waals surface area (Å²) in [4.78, 5) is 3.92. The zero-order chi connectivity index (χ0) is 10.4. The molecular weight excluding hydrogens is 202 g/mol. The van der Waals surface area contributed by atoms with Crippen molar-refractivity contribution in [3.8, 4) is 5.75 Å². The monoisotopic (exact) mass is 215 g/mol. The van der Waals surface area contributed by atoms with Crippen molar-refractivity contribution in [2.24, 2.45) is 0 Å². The average molecular weight is 216 g/mol. The SMILES string of the molecule is COCCC(C)Oc1cccnc1Cl. The Morgan fingerprint density at radius 3 is 3.00 bits per heavy atom. The summed E-state index contributed by atoms with van der Waals surface area (Å²) < 4.78 is 10.5. The first-order valence-corrected chi connectivity index (χ1v) is 4.88. The summed E-state index contributed by atoms with van der Waals surface area (Å²) in [6.07, 6.45) is 2.55. The predicted octanol–water partition coefficient (Wildman–Crippen LogP) is 2.54. The summed E-state index contributed by atoms with van der Waals surface area (Å²) >= 11 is 5.83. The number of hydrogen-bond donors (Lipinski definition) is 0. The van der Waals surface area contributed by atoms with Crippen molar-refractivity contribution in [2.75, 3.05) is 13.7 Å². The average Bonchev–Trinajstić information content (AvgIpc) is 2.18. The van der Waals surface area contributed by atoms with E-state index in [2.05, 4.69) is 4.98 Å². The van der Waals surface area contributed by atoms with E-state index in [-0.39, 0.29) is 6.10 Å². The van der Waals surface area contributed by atoms with Crippen LogP contribution in [-0.4, -0.2) is 24.8 Å². The molecule has 0 fully saturated rings. The van der Waals surface area contributed by atoms with Crippen LogP contribution in [0.4, 0.5) is 0 Å². The molecule has 0 amide bonds. The summed E-state index contributed by atoms with van der Waals surface area (Å²) in [5.41, 5.74) is 0. The third kappa shape index (κ3) is 3.52. The molecule has 1 heterocycles. The second-order valence-corrected chi connectivity index (χ2v) is 3.36. The van der Waals surface area contributed by atoms with Crippen molar-refractivity contribution in [3.05, 3.63) is 23.5 Å². The van der Waals surface area contributed by atoms with E-state index in [9.17, 15) is 0 Å². The fraction of sp³-hybridized carbons (Fsp3) is 0.500. The van der Waals surface area contributed by atoms with Crippen LogP contribution in [0.15, 0.2) is 18.3 Å². The number of ether oxygens (including phenoxy) is 2. The van der Waals surface area contributed by atoms with E-state index in [0.29, 0.717) is 17.5 Å². The Hall–Kier alpha value is -0.800. The van der Waals surface area contributed by atoms with Crippen LogP contribution in [0.3, 0.4) is 0 Å². The van der Waals surface area contributed by atoms with E-state index in [4.69, 9.17) is 21.1 Å². The lowest BCUT2D eigenvalue weighted by Gasteiger charge is -2.14. The van der Waals surface area contributed by atoms with Crippen LogP contribution in [0.5, 0.6) is 5.75 Å². The highest BCUT2D eigenvalue weighted by Crippen LogP contribution is 2.22. The lowest BCUT2D eigenvalue weighted by molar-refractivity contribution is 0.135. The zero-order valence-corrected chi connectivity index (χ0v) is 9.12. The molecule has 0 spiro atoms. The molecule has 0 saturated heterocycles. The summed E-state index contributed by atoms with van der Waals surface area (Å²) in [7, 11) is 1.67. The van der Waals surface area contributed by atoms with Crippen LogP contribution in [0.1, 0.15) is 13.3 Å². The molecule has 1 aromatic heterocycles. The second-order valence-electron chi connectivity index (χ2n) is 3.00. The van der Waals surface area contributed by atoms with Crippen molar-refractivity contribution in [2.45, 2.75) is 19.4 Å². The highest BCUT2D eigenvalue weighted by molar-refractivity contribution is 6.30. The number of nitrogens with zero attached hydrogens (tertiary/aromatic N) is 1. The lowest BCUT2D eigenvalue weighted by atomic mass is 10.3. The fourth-order valence-corrected chi connectivity index (χ4v) is 1.18. The van der Waals surface area contributed by atoms with Gasteiger partial charge in [-0.1, -0.05) is 11.6 Å². The Morgan fingerprint density at radius 2 is 2.36 bits per heavy atom. The van der Waals surface area contributed by atoms with Gasteiger partial charge in [-0.05, 0) is 19.1 Å². The molecule has 1 unspecified atom stereocenters. The Kier molecular flexibility index (Phi) is 4.70. The molecule has 1 aromatic rings. The topological polar surface area (TPSA) is 31.4 Å². The van der Waals surface area contributed by atoms with Crippen molar-refractivity contribution in [1.82, 2.24) is 4.98 Å². The molecule has 0 aliphatic carbocycles. The Balaban J connectivity index is 2.47. The van der Waals surface area contributed by atoms with Gasteiger partial charge in [0.25, 0.3) is 0 Å². The van der Waals surface area contributed by atoms with Crippen molar-refractivity contribution in [3.63, 3.8) is 0 Å². The molecule has 78 valence electrons. The largest absolute Gasteiger partial charge is 0.487 e. The quantitative estimate of drug-likeness (QED) is 0.708. The molecule has 1 rings (SSSR count). The number of rotatable bonds is 5. The van der Waals surface area contributed by atoms with Gasteiger partial charge in [0, 0.05) is 26.3 Å². The molecule has 3 nitrogen and oxygen atoms in total. The van der Waals surface area contributed by atoms with Gasteiger partial charge in [0.1, 0.15) is 0 Å². The fourth-order valence-electron chi connectivity index (χ4n) is 1.02. The summed E-state index contributed by atoms with van der Waals surface area (Å²) in [5, 5.41) is 0.400.